The van der Waals surface area contributed by atoms with E-state index in [1.54, 1.807) is 35.6 Å². The van der Waals surface area contributed by atoms with Gasteiger partial charge in [0.2, 0.25) is 5.91 Å². The summed E-state index contributed by atoms with van der Waals surface area (Å²) >= 11 is 7.84. The number of aliphatic carboxylic acids is 1. The number of aromatic nitrogens is 3. The molecule has 0 aliphatic carbocycles. The number of thiophene rings is 1. The van der Waals surface area contributed by atoms with Gasteiger partial charge in [-0.2, -0.15) is 0 Å². The zero-order chi connectivity index (χ0) is 29.1. The van der Waals surface area contributed by atoms with Crippen LogP contribution in [0.15, 0.2) is 53.5 Å². The summed E-state index contributed by atoms with van der Waals surface area (Å²) in [5, 5.41) is 21.9. The summed E-state index contributed by atoms with van der Waals surface area (Å²) in [6.07, 6.45) is 0.0569. The molecule has 0 fully saturated rings. The molecule has 2 aromatic carbocycles. The molecule has 0 radical (unpaired) electrons. The van der Waals surface area contributed by atoms with Gasteiger partial charge in [-0.3, -0.25) is 14.4 Å². The molecule has 12 heteroatoms. The van der Waals surface area contributed by atoms with Crippen molar-refractivity contribution in [1.82, 2.24) is 14.8 Å². The Hall–Kier alpha value is -4.06. The monoisotopic (exact) mass is 593 g/mol. The fraction of sp³-hybridized carbons (Fsp3) is 0.276. The molecule has 0 unspecified atom stereocenters. The van der Waals surface area contributed by atoms with E-state index in [9.17, 15) is 9.59 Å². The Morgan fingerprint density at radius 1 is 1.05 bits per heavy atom. The molecule has 1 aliphatic heterocycles. The zero-order valence-corrected chi connectivity index (χ0v) is 24.3. The molecule has 1 aliphatic rings. The van der Waals surface area contributed by atoms with Gasteiger partial charge in [-0.25, -0.2) is 4.79 Å². The van der Waals surface area contributed by atoms with Crippen molar-refractivity contribution in [1.29, 1.82) is 0 Å². The van der Waals surface area contributed by atoms with Gasteiger partial charge < -0.3 is 19.9 Å². The number of nitrogens with zero attached hydrogens (tertiary/aromatic N) is 4. The minimum absolute atomic E-state index is 0.0569. The molecule has 212 valence electrons. The Kier molecular flexibility index (Phi) is 8.48. The lowest BCUT2D eigenvalue weighted by atomic mass is 9.99. The molecule has 3 heterocycles. The standard InChI is InChI=1S/C29H28ClN5O5S/c1-16-17(2)41-29-26(16)27(19-4-6-20(30)7-5-19)32-23(28-34-33-18(3)35(28)29)14-24(36)31-21-8-10-22(11-9-21)40-13-12-39-15-25(37)38/h4-11,23H,12-15H2,1-3H3,(H,31,36)(H,37,38)/t23-/m0/s1. The summed E-state index contributed by atoms with van der Waals surface area (Å²) < 4.78 is 12.5. The molecule has 0 saturated heterocycles. The summed E-state index contributed by atoms with van der Waals surface area (Å²) in [6.45, 7) is 6.06. The SMILES string of the molecule is Cc1sc2c(c1C)C(c1ccc(Cl)cc1)=N[C@@H](CC(=O)Nc1ccc(OCCOCC(=O)O)cc1)c1nnc(C)n1-2. The second-order valence-corrected chi connectivity index (χ2v) is 11.1. The number of ether oxygens (including phenoxy) is 2. The van der Waals surface area contributed by atoms with Crippen LogP contribution in [0.3, 0.4) is 0 Å². The number of halogens is 1. The average Bonchev–Trinajstić information content (AvgIpc) is 3.41. The van der Waals surface area contributed by atoms with E-state index >= 15 is 0 Å². The van der Waals surface area contributed by atoms with Gasteiger partial charge in [0.05, 0.1) is 18.7 Å². The van der Waals surface area contributed by atoms with Gasteiger partial charge in [-0.1, -0.05) is 23.7 Å². The first kappa shape index (κ1) is 28.5. The highest BCUT2D eigenvalue weighted by atomic mass is 35.5. The van der Waals surface area contributed by atoms with Gasteiger partial charge >= 0.3 is 5.97 Å². The lowest BCUT2D eigenvalue weighted by Gasteiger charge is -2.13. The quantitative estimate of drug-likeness (QED) is 0.239. The van der Waals surface area contributed by atoms with Crippen molar-refractivity contribution in [3.8, 4) is 10.8 Å². The highest BCUT2D eigenvalue weighted by molar-refractivity contribution is 7.15. The number of carboxylic acid groups (broad SMARTS) is 1. The van der Waals surface area contributed by atoms with Crippen LogP contribution in [-0.2, 0) is 14.3 Å². The number of hydrogen-bond donors (Lipinski definition) is 2. The number of aliphatic imine (C=N–C) groups is 1. The summed E-state index contributed by atoms with van der Waals surface area (Å²) in [7, 11) is 0. The predicted molar refractivity (Wildman–Crippen MR) is 157 cm³/mol. The summed E-state index contributed by atoms with van der Waals surface area (Å²) in [6, 6.07) is 13.9. The number of nitrogens with one attached hydrogen (secondary N) is 1. The second-order valence-electron chi connectivity index (χ2n) is 9.48. The smallest absolute Gasteiger partial charge is 0.329 e. The van der Waals surface area contributed by atoms with Gasteiger partial charge in [0.25, 0.3) is 0 Å². The van der Waals surface area contributed by atoms with E-state index in [-0.39, 0.29) is 32.1 Å². The molecule has 0 bridgehead atoms. The van der Waals surface area contributed by atoms with Crippen LogP contribution in [0.2, 0.25) is 5.02 Å². The molecule has 0 spiro atoms. The third kappa shape index (κ3) is 6.32. The van der Waals surface area contributed by atoms with Crippen molar-refractivity contribution in [3.05, 3.63) is 86.8 Å². The number of hydrogen-bond acceptors (Lipinski definition) is 8. The zero-order valence-electron chi connectivity index (χ0n) is 22.7. The lowest BCUT2D eigenvalue weighted by Crippen LogP contribution is -2.17. The normalized spacial score (nSPS) is 14.0. The molecule has 41 heavy (non-hydrogen) atoms. The number of anilines is 1. The summed E-state index contributed by atoms with van der Waals surface area (Å²) in [4.78, 5) is 30.1. The van der Waals surface area contributed by atoms with Crippen molar-refractivity contribution in [2.24, 2.45) is 4.99 Å². The minimum atomic E-state index is -1.03. The largest absolute Gasteiger partial charge is 0.491 e. The molecule has 10 nitrogen and oxygen atoms in total. The van der Waals surface area contributed by atoms with Crippen LogP contribution < -0.4 is 10.1 Å². The van der Waals surface area contributed by atoms with Crippen molar-refractivity contribution in [2.75, 3.05) is 25.1 Å². The molecule has 5 rings (SSSR count). The van der Waals surface area contributed by atoms with Crippen LogP contribution in [0.4, 0.5) is 5.69 Å². The van der Waals surface area contributed by atoms with Crippen LogP contribution in [-0.4, -0.2) is 57.3 Å². The van der Waals surface area contributed by atoms with Crippen LogP contribution in [0, 0.1) is 20.8 Å². The van der Waals surface area contributed by atoms with Crippen LogP contribution in [0.25, 0.3) is 5.00 Å². The Morgan fingerprint density at radius 2 is 1.78 bits per heavy atom. The molecule has 1 amide bonds. The number of rotatable bonds is 10. The fourth-order valence-corrected chi connectivity index (χ4v) is 5.87. The number of amides is 1. The third-order valence-electron chi connectivity index (χ3n) is 6.60. The maximum absolute atomic E-state index is 13.3. The highest BCUT2D eigenvalue weighted by Gasteiger charge is 2.32. The van der Waals surface area contributed by atoms with Gasteiger partial charge in [0, 0.05) is 26.7 Å². The van der Waals surface area contributed by atoms with Crippen molar-refractivity contribution in [3.63, 3.8) is 0 Å². The topological polar surface area (TPSA) is 128 Å². The van der Waals surface area contributed by atoms with Crippen molar-refractivity contribution < 1.29 is 24.2 Å². The van der Waals surface area contributed by atoms with Crippen LogP contribution in [0.1, 0.15) is 45.7 Å². The van der Waals surface area contributed by atoms with Crippen LogP contribution >= 0.6 is 22.9 Å². The predicted octanol–water partition coefficient (Wildman–Crippen LogP) is 5.31. The maximum Gasteiger partial charge on any atom is 0.329 e. The number of aryl methyl sites for hydroxylation is 2. The number of fused-ring (bicyclic) bond motifs is 3. The van der Waals surface area contributed by atoms with E-state index < -0.39 is 12.0 Å². The Balaban J connectivity index is 1.37. The van der Waals surface area contributed by atoms with E-state index in [0.29, 0.717) is 22.3 Å². The molecule has 2 N–H and O–H groups in total. The molecular formula is C29H28ClN5O5S. The van der Waals surface area contributed by atoms with Crippen LogP contribution in [0.5, 0.6) is 5.75 Å². The molecular weight excluding hydrogens is 566 g/mol. The molecule has 1 atom stereocenters. The highest BCUT2D eigenvalue weighted by Crippen LogP contribution is 2.39. The van der Waals surface area contributed by atoms with E-state index in [2.05, 4.69) is 29.4 Å². The Morgan fingerprint density at radius 3 is 2.49 bits per heavy atom. The lowest BCUT2D eigenvalue weighted by molar-refractivity contribution is -0.142. The van der Waals surface area contributed by atoms with E-state index in [4.69, 9.17) is 31.2 Å². The first-order valence-corrected chi connectivity index (χ1v) is 14.1. The van der Waals surface area contributed by atoms with Gasteiger partial charge in [0.15, 0.2) is 5.82 Å². The molecule has 0 saturated carbocycles. The van der Waals surface area contributed by atoms with E-state index in [0.717, 1.165) is 33.2 Å². The van der Waals surface area contributed by atoms with Crippen molar-refractivity contribution in [2.45, 2.75) is 33.2 Å². The van der Waals surface area contributed by atoms with Crippen molar-refractivity contribution >= 4 is 46.2 Å². The average molecular weight is 594 g/mol. The van der Waals surface area contributed by atoms with E-state index in [1.165, 1.54) is 4.88 Å². The van der Waals surface area contributed by atoms with Gasteiger partial charge in [-0.15, -0.1) is 21.5 Å². The third-order valence-corrected chi connectivity index (χ3v) is 8.04. The number of carboxylic acids is 1. The fourth-order valence-electron chi connectivity index (χ4n) is 4.53. The van der Waals surface area contributed by atoms with Gasteiger partial charge in [0.1, 0.15) is 35.8 Å². The number of carbonyl (C=O) groups is 2. The Bertz CT molecular complexity index is 1610. The second kappa shape index (κ2) is 12.2. The maximum atomic E-state index is 13.3. The van der Waals surface area contributed by atoms with E-state index in [1.807, 2.05) is 35.8 Å². The minimum Gasteiger partial charge on any atom is -0.491 e. The molecule has 4 aromatic rings. The number of carbonyl (C=O) groups excluding carboxylic acids is 1. The first-order valence-electron chi connectivity index (χ1n) is 12.9. The summed E-state index contributed by atoms with van der Waals surface area (Å²) in [5.41, 5.74) is 4.42. The van der Waals surface area contributed by atoms with Gasteiger partial charge in [-0.05, 0) is 62.7 Å². The number of benzene rings is 2. The summed E-state index contributed by atoms with van der Waals surface area (Å²) in [5.74, 6) is 0.651. The first-order chi connectivity index (χ1) is 19.7. The molecule has 2 aromatic heterocycles. The Labute approximate surface area is 245 Å².